The summed E-state index contributed by atoms with van der Waals surface area (Å²) in [5, 5.41) is 4.34. The van der Waals surface area contributed by atoms with Crippen LogP contribution in [0.2, 0.25) is 0 Å². The Kier molecular flexibility index (Phi) is 4.44. The summed E-state index contributed by atoms with van der Waals surface area (Å²) >= 11 is 0. The van der Waals surface area contributed by atoms with Gasteiger partial charge in [-0.2, -0.15) is 5.10 Å². The molecule has 0 unspecified atom stereocenters. The molecule has 0 bridgehead atoms. The van der Waals surface area contributed by atoms with Crippen LogP contribution in [-0.2, 0) is 9.84 Å². The number of para-hydroxylation sites is 1. The lowest BCUT2D eigenvalue weighted by atomic mass is 10.0. The molecule has 0 radical (unpaired) electrons. The number of hydrogen-bond acceptors (Lipinski definition) is 4. The fourth-order valence-electron chi connectivity index (χ4n) is 3.02. The van der Waals surface area contributed by atoms with E-state index in [1.165, 1.54) is 6.26 Å². The molecule has 0 atom stereocenters. The molecule has 0 aliphatic carbocycles. The summed E-state index contributed by atoms with van der Waals surface area (Å²) in [4.78, 5) is 15.5. The van der Waals surface area contributed by atoms with Gasteiger partial charge in [0.2, 0.25) is 0 Å². The predicted octanol–water partition coefficient (Wildman–Crippen LogP) is 3.30. The van der Waals surface area contributed by atoms with Gasteiger partial charge in [-0.1, -0.05) is 30.3 Å². The van der Waals surface area contributed by atoms with Gasteiger partial charge in [-0.25, -0.2) is 13.1 Å². The summed E-state index contributed by atoms with van der Waals surface area (Å²) < 4.78 is 25.0. The van der Waals surface area contributed by atoms with E-state index >= 15 is 0 Å². The zero-order chi connectivity index (χ0) is 19.7. The van der Waals surface area contributed by atoms with Gasteiger partial charge in [0.05, 0.1) is 28.0 Å². The molecule has 2 aromatic carbocycles. The maximum atomic E-state index is 12.5. The van der Waals surface area contributed by atoms with E-state index in [4.69, 9.17) is 0 Å². The third kappa shape index (κ3) is 3.39. The molecule has 0 spiro atoms. The topological polar surface area (TPSA) is 84.8 Å². The van der Waals surface area contributed by atoms with Crippen LogP contribution in [0.5, 0.6) is 0 Å². The highest BCUT2D eigenvalue weighted by Crippen LogP contribution is 2.25. The van der Waals surface area contributed by atoms with Gasteiger partial charge < -0.3 is 4.98 Å². The van der Waals surface area contributed by atoms with Crippen LogP contribution in [0.4, 0.5) is 0 Å². The maximum absolute atomic E-state index is 12.5. The molecule has 4 rings (SSSR count). The molecule has 140 valence electrons. The SMILES string of the molecule is CS(=O)(=O)c1ccc(-c2c[nH]c(=O)c(-c3ccnn3-c3ccccc3)c2)cc1. The average Bonchev–Trinajstić information content (AvgIpc) is 3.18. The summed E-state index contributed by atoms with van der Waals surface area (Å²) in [6.07, 6.45) is 4.44. The van der Waals surface area contributed by atoms with E-state index in [9.17, 15) is 13.2 Å². The number of rotatable bonds is 4. The zero-order valence-corrected chi connectivity index (χ0v) is 15.8. The van der Waals surface area contributed by atoms with E-state index in [-0.39, 0.29) is 10.5 Å². The molecule has 1 N–H and O–H groups in total. The highest BCUT2D eigenvalue weighted by Gasteiger charge is 2.13. The highest BCUT2D eigenvalue weighted by molar-refractivity contribution is 7.90. The molecule has 6 nitrogen and oxygen atoms in total. The number of H-pyrrole nitrogens is 1. The lowest BCUT2D eigenvalue weighted by Crippen LogP contribution is -2.11. The van der Waals surface area contributed by atoms with Crippen molar-refractivity contribution in [2.75, 3.05) is 6.26 Å². The molecule has 0 saturated heterocycles. The predicted molar refractivity (Wildman–Crippen MR) is 108 cm³/mol. The number of nitrogens with one attached hydrogen (secondary N) is 1. The second kappa shape index (κ2) is 6.94. The van der Waals surface area contributed by atoms with Crippen LogP contribution >= 0.6 is 0 Å². The number of sulfone groups is 1. The van der Waals surface area contributed by atoms with Crippen molar-refractivity contribution in [1.82, 2.24) is 14.8 Å². The molecule has 7 heteroatoms. The minimum Gasteiger partial charge on any atom is -0.328 e. The number of aromatic nitrogens is 3. The van der Waals surface area contributed by atoms with E-state index < -0.39 is 9.84 Å². The van der Waals surface area contributed by atoms with Gasteiger partial charge in [0.15, 0.2) is 9.84 Å². The standard InChI is InChI=1S/C21H17N3O3S/c1-28(26,27)18-9-7-15(8-10-18)16-13-19(21(25)22-14-16)20-11-12-23-24(20)17-5-3-2-4-6-17/h2-14H,1H3,(H,22,25). The molecule has 2 aromatic heterocycles. The fourth-order valence-corrected chi connectivity index (χ4v) is 3.65. The Bertz CT molecular complexity index is 1290. The third-order valence-electron chi connectivity index (χ3n) is 4.44. The van der Waals surface area contributed by atoms with Crippen molar-refractivity contribution < 1.29 is 8.42 Å². The molecular formula is C21H17N3O3S. The van der Waals surface area contributed by atoms with Gasteiger partial charge in [-0.3, -0.25) is 4.79 Å². The van der Waals surface area contributed by atoms with Crippen molar-refractivity contribution in [2.24, 2.45) is 0 Å². The molecule has 0 amide bonds. The van der Waals surface area contributed by atoms with E-state index in [0.717, 1.165) is 16.8 Å². The molecule has 4 aromatic rings. The first-order valence-electron chi connectivity index (χ1n) is 8.56. The van der Waals surface area contributed by atoms with Gasteiger partial charge in [-0.15, -0.1) is 0 Å². The number of pyridine rings is 1. The van der Waals surface area contributed by atoms with Crippen LogP contribution < -0.4 is 5.56 Å². The smallest absolute Gasteiger partial charge is 0.257 e. The molecule has 0 aliphatic heterocycles. The van der Waals surface area contributed by atoms with Crippen LogP contribution in [0.3, 0.4) is 0 Å². The van der Waals surface area contributed by atoms with Crippen molar-refractivity contribution in [2.45, 2.75) is 4.90 Å². The lowest BCUT2D eigenvalue weighted by Gasteiger charge is -2.09. The summed E-state index contributed by atoms with van der Waals surface area (Å²) in [6.45, 7) is 0. The second-order valence-electron chi connectivity index (χ2n) is 6.39. The van der Waals surface area contributed by atoms with Gasteiger partial charge in [0, 0.05) is 12.5 Å². The number of aromatic amines is 1. The minimum absolute atomic E-state index is 0.228. The first kappa shape index (κ1) is 17.9. The van der Waals surface area contributed by atoms with Gasteiger partial charge in [-0.05, 0) is 47.5 Å². The molecule has 0 fully saturated rings. The van der Waals surface area contributed by atoms with Crippen LogP contribution in [0.25, 0.3) is 28.1 Å². The molecule has 0 aliphatic rings. The highest BCUT2D eigenvalue weighted by atomic mass is 32.2. The van der Waals surface area contributed by atoms with E-state index in [0.29, 0.717) is 11.3 Å². The summed E-state index contributed by atoms with van der Waals surface area (Å²) in [5.41, 5.74) is 3.35. The molecule has 28 heavy (non-hydrogen) atoms. The number of benzene rings is 2. The fraction of sp³-hybridized carbons (Fsp3) is 0.0476. The van der Waals surface area contributed by atoms with Crippen molar-refractivity contribution in [3.63, 3.8) is 0 Å². The van der Waals surface area contributed by atoms with Crippen molar-refractivity contribution in [3.05, 3.63) is 89.5 Å². The zero-order valence-electron chi connectivity index (χ0n) is 15.0. The van der Waals surface area contributed by atoms with E-state index in [1.807, 2.05) is 30.3 Å². The van der Waals surface area contributed by atoms with E-state index in [2.05, 4.69) is 10.1 Å². The monoisotopic (exact) mass is 391 g/mol. The lowest BCUT2D eigenvalue weighted by molar-refractivity contribution is 0.602. The van der Waals surface area contributed by atoms with Crippen LogP contribution in [-0.4, -0.2) is 29.4 Å². The van der Waals surface area contributed by atoms with Crippen LogP contribution in [0.15, 0.2) is 88.8 Å². The number of hydrogen-bond donors (Lipinski definition) is 1. The second-order valence-corrected chi connectivity index (χ2v) is 8.41. The van der Waals surface area contributed by atoms with Gasteiger partial charge >= 0.3 is 0 Å². The molecule has 2 heterocycles. The number of nitrogens with zero attached hydrogens (tertiary/aromatic N) is 2. The van der Waals surface area contributed by atoms with Gasteiger partial charge in [0.25, 0.3) is 5.56 Å². The maximum Gasteiger partial charge on any atom is 0.257 e. The summed E-state index contributed by atoms with van der Waals surface area (Å²) in [7, 11) is -3.26. The normalized spacial score (nSPS) is 11.5. The van der Waals surface area contributed by atoms with Crippen LogP contribution in [0, 0.1) is 0 Å². The van der Waals surface area contributed by atoms with Gasteiger partial charge in [0.1, 0.15) is 0 Å². The Labute approximate surface area is 162 Å². The largest absolute Gasteiger partial charge is 0.328 e. The van der Waals surface area contributed by atoms with Crippen molar-refractivity contribution in [1.29, 1.82) is 0 Å². The Morgan fingerprint density at radius 1 is 0.929 bits per heavy atom. The molecular weight excluding hydrogens is 374 g/mol. The van der Waals surface area contributed by atoms with Crippen molar-refractivity contribution >= 4 is 9.84 Å². The summed E-state index contributed by atoms with van der Waals surface area (Å²) in [6, 6.07) is 19.7. The summed E-state index contributed by atoms with van der Waals surface area (Å²) in [5.74, 6) is 0. The average molecular weight is 391 g/mol. The Balaban J connectivity index is 1.80. The quantitative estimate of drug-likeness (QED) is 0.578. The Morgan fingerprint density at radius 3 is 2.32 bits per heavy atom. The minimum atomic E-state index is -3.26. The van der Waals surface area contributed by atoms with Crippen LogP contribution in [0.1, 0.15) is 0 Å². The first-order valence-corrected chi connectivity index (χ1v) is 10.5. The Morgan fingerprint density at radius 2 is 1.64 bits per heavy atom. The first-order chi connectivity index (χ1) is 13.4. The van der Waals surface area contributed by atoms with E-state index in [1.54, 1.807) is 53.5 Å². The molecule has 0 saturated carbocycles. The van der Waals surface area contributed by atoms with Crippen molar-refractivity contribution in [3.8, 4) is 28.1 Å². The Hall–Kier alpha value is -3.45. The third-order valence-corrected chi connectivity index (χ3v) is 5.57.